The normalized spacial score (nSPS) is 16.5. The Morgan fingerprint density at radius 2 is 1.82 bits per heavy atom. The van der Waals surface area contributed by atoms with Crippen LogP contribution in [0.3, 0.4) is 0 Å². The van der Waals surface area contributed by atoms with Crippen molar-refractivity contribution in [3.05, 3.63) is 69.7 Å². The predicted octanol–water partition coefficient (Wildman–Crippen LogP) is 3.38. The van der Waals surface area contributed by atoms with E-state index in [0.717, 1.165) is 0 Å². The van der Waals surface area contributed by atoms with E-state index >= 15 is 0 Å². The Morgan fingerprint density at radius 3 is 2.57 bits per heavy atom. The van der Waals surface area contributed by atoms with Gasteiger partial charge in [0.1, 0.15) is 0 Å². The van der Waals surface area contributed by atoms with Crippen LogP contribution in [0.15, 0.2) is 58.5 Å². The minimum atomic E-state index is -3.62. The van der Waals surface area contributed by atoms with Crippen molar-refractivity contribution in [2.75, 3.05) is 13.1 Å². The zero-order chi connectivity index (χ0) is 19.9. The summed E-state index contributed by atoms with van der Waals surface area (Å²) in [7, 11) is -3.62. The van der Waals surface area contributed by atoms with Crippen molar-refractivity contribution >= 4 is 32.5 Å². The second-order valence-corrected chi connectivity index (χ2v) is 9.36. The van der Waals surface area contributed by atoms with Gasteiger partial charge in [0.05, 0.1) is 22.1 Å². The molecule has 0 spiro atoms. The molecule has 1 saturated heterocycles. The maximum absolute atomic E-state index is 13.0. The zero-order valence-corrected chi connectivity index (χ0v) is 16.9. The molecule has 0 bridgehead atoms. The Morgan fingerprint density at radius 1 is 1.11 bits per heavy atom. The van der Waals surface area contributed by atoms with Crippen molar-refractivity contribution in [3.63, 3.8) is 0 Å². The highest BCUT2D eigenvalue weighted by Crippen LogP contribution is 2.29. The Balaban J connectivity index is 1.58. The summed E-state index contributed by atoms with van der Waals surface area (Å²) in [6, 6.07) is 12.1. The minimum Gasteiger partial charge on any atom is -0.296 e. The number of nitrogens with zero attached hydrogens (tertiary/aromatic N) is 3. The van der Waals surface area contributed by atoms with Crippen LogP contribution in [0.4, 0.5) is 0 Å². The summed E-state index contributed by atoms with van der Waals surface area (Å²) >= 11 is 6.00. The molecule has 1 aliphatic rings. The summed E-state index contributed by atoms with van der Waals surface area (Å²) in [4.78, 5) is 17.4. The number of benzene rings is 2. The number of aromatic nitrogens is 2. The third kappa shape index (κ3) is 3.34. The molecule has 28 heavy (non-hydrogen) atoms. The average molecular weight is 418 g/mol. The highest BCUT2D eigenvalue weighted by Gasteiger charge is 2.31. The molecule has 0 amide bonds. The molecule has 6 nitrogen and oxygen atoms in total. The van der Waals surface area contributed by atoms with Crippen molar-refractivity contribution in [2.24, 2.45) is 0 Å². The van der Waals surface area contributed by atoms with Gasteiger partial charge >= 0.3 is 0 Å². The molecule has 4 rings (SSSR count). The van der Waals surface area contributed by atoms with Gasteiger partial charge in [-0.25, -0.2) is 13.4 Å². The summed E-state index contributed by atoms with van der Waals surface area (Å²) in [5.41, 5.74) is 1.25. The lowest BCUT2D eigenvalue weighted by atomic mass is 10.1. The Kier molecular flexibility index (Phi) is 4.99. The third-order valence-electron chi connectivity index (χ3n) is 5.28. The fraction of sp³-hybridized carbons (Fsp3) is 0.300. The second kappa shape index (κ2) is 7.31. The van der Waals surface area contributed by atoms with Crippen LogP contribution in [0.1, 0.15) is 24.4 Å². The van der Waals surface area contributed by atoms with Gasteiger partial charge in [0.2, 0.25) is 10.0 Å². The number of para-hydroxylation sites is 1. The molecule has 0 aliphatic carbocycles. The Labute approximate surface area is 168 Å². The summed E-state index contributed by atoms with van der Waals surface area (Å²) < 4.78 is 29.2. The number of hydrogen-bond acceptors (Lipinski definition) is 4. The fourth-order valence-corrected chi connectivity index (χ4v) is 5.65. The number of aryl methyl sites for hydroxylation is 1. The van der Waals surface area contributed by atoms with Crippen molar-refractivity contribution in [3.8, 4) is 0 Å². The first-order chi connectivity index (χ1) is 13.4. The predicted molar refractivity (Wildman–Crippen MR) is 109 cm³/mol. The molecule has 8 heteroatoms. The van der Waals surface area contributed by atoms with Crippen LogP contribution in [-0.2, 0) is 10.0 Å². The molecule has 146 valence electrons. The van der Waals surface area contributed by atoms with Crippen LogP contribution in [0.2, 0.25) is 5.02 Å². The topological polar surface area (TPSA) is 72.3 Å². The smallest absolute Gasteiger partial charge is 0.261 e. The second-order valence-electron chi connectivity index (χ2n) is 7.02. The van der Waals surface area contributed by atoms with E-state index in [9.17, 15) is 13.2 Å². The molecule has 0 saturated carbocycles. The third-order valence-corrected chi connectivity index (χ3v) is 7.55. The number of piperidine rings is 1. The van der Waals surface area contributed by atoms with Crippen LogP contribution in [0.25, 0.3) is 10.9 Å². The Bertz CT molecular complexity index is 1200. The molecule has 0 atom stereocenters. The van der Waals surface area contributed by atoms with Crippen LogP contribution < -0.4 is 5.56 Å². The van der Waals surface area contributed by atoms with Crippen LogP contribution in [0, 0.1) is 6.92 Å². The number of rotatable bonds is 3. The lowest BCUT2D eigenvalue weighted by Gasteiger charge is -2.32. The molecule has 1 fully saturated rings. The van der Waals surface area contributed by atoms with Crippen LogP contribution >= 0.6 is 11.6 Å². The summed E-state index contributed by atoms with van der Waals surface area (Å²) in [5.74, 6) is 0. The van der Waals surface area contributed by atoms with Gasteiger partial charge in [-0.1, -0.05) is 29.8 Å². The maximum Gasteiger partial charge on any atom is 0.261 e. The molecule has 0 radical (unpaired) electrons. The SMILES string of the molecule is Cc1ccc(Cl)cc1S(=O)(=O)N1CCC(n2cnc3ccccc3c2=O)CC1. The van der Waals surface area contributed by atoms with E-state index in [1.807, 2.05) is 18.2 Å². The van der Waals surface area contributed by atoms with E-state index < -0.39 is 10.0 Å². The quantitative estimate of drug-likeness (QED) is 0.654. The molecule has 1 aromatic heterocycles. The highest BCUT2D eigenvalue weighted by molar-refractivity contribution is 7.89. The lowest BCUT2D eigenvalue weighted by molar-refractivity contribution is 0.269. The molecule has 1 aliphatic heterocycles. The maximum atomic E-state index is 13.0. The number of hydrogen-bond donors (Lipinski definition) is 0. The van der Waals surface area contributed by atoms with E-state index in [4.69, 9.17) is 11.6 Å². The standard InChI is InChI=1S/C20H20ClN3O3S/c1-14-6-7-15(21)12-19(14)28(26,27)23-10-8-16(9-11-23)24-13-22-18-5-3-2-4-17(18)20(24)25/h2-7,12-13,16H,8-11H2,1H3. The van der Waals surface area contributed by atoms with E-state index in [1.165, 1.54) is 10.4 Å². The first kappa shape index (κ1) is 19.1. The van der Waals surface area contributed by atoms with E-state index in [2.05, 4.69) is 4.98 Å². The van der Waals surface area contributed by atoms with Gasteiger partial charge in [0.25, 0.3) is 5.56 Å². The van der Waals surface area contributed by atoms with Crippen molar-refractivity contribution < 1.29 is 8.42 Å². The van der Waals surface area contributed by atoms with Gasteiger partial charge < -0.3 is 0 Å². The minimum absolute atomic E-state index is 0.0727. The van der Waals surface area contributed by atoms with E-state index in [-0.39, 0.29) is 16.5 Å². The summed E-state index contributed by atoms with van der Waals surface area (Å²) in [6.45, 7) is 2.45. The van der Waals surface area contributed by atoms with Gasteiger partial charge in [-0.3, -0.25) is 9.36 Å². The van der Waals surface area contributed by atoms with Gasteiger partial charge in [-0.15, -0.1) is 0 Å². The molecule has 2 aromatic carbocycles. The van der Waals surface area contributed by atoms with Gasteiger partial charge in [0.15, 0.2) is 0 Å². The van der Waals surface area contributed by atoms with Crippen molar-refractivity contribution in [1.82, 2.24) is 13.9 Å². The molecule has 0 unspecified atom stereocenters. The van der Waals surface area contributed by atoms with Gasteiger partial charge in [-0.05, 0) is 49.6 Å². The van der Waals surface area contributed by atoms with Gasteiger partial charge in [0, 0.05) is 24.2 Å². The van der Waals surface area contributed by atoms with Gasteiger partial charge in [-0.2, -0.15) is 4.31 Å². The van der Waals surface area contributed by atoms with Crippen molar-refractivity contribution in [2.45, 2.75) is 30.7 Å². The molecule has 0 N–H and O–H groups in total. The zero-order valence-electron chi connectivity index (χ0n) is 15.4. The number of sulfonamides is 1. The number of halogens is 1. The van der Waals surface area contributed by atoms with Crippen molar-refractivity contribution in [1.29, 1.82) is 0 Å². The molecular weight excluding hydrogens is 398 g/mol. The fourth-order valence-electron chi connectivity index (χ4n) is 3.69. The Hall–Kier alpha value is -2.22. The van der Waals surface area contributed by atoms with E-state index in [1.54, 1.807) is 36.0 Å². The average Bonchev–Trinajstić information content (AvgIpc) is 2.70. The monoisotopic (exact) mass is 417 g/mol. The summed E-state index contributed by atoms with van der Waals surface area (Å²) in [6.07, 6.45) is 2.68. The molecule has 3 aromatic rings. The first-order valence-electron chi connectivity index (χ1n) is 9.10. The molecular formula is C20H20ClN3O3S. The number of fused-ring (bicyclic) bond motifs is 1. The first-order valence-corrected chi connectivity index (χ1v) is 10.9. The van der Waals surface area contributed by atoms with E-state index in [0.29, 0.717) is 47.4 Å². The molecule has 2 heterocycles. The van der Waals surface area contributed by atoms with Crippen LogP contribution in [0.5, 0.6) is 0 Å². The lowest BCUT2D eigenvalue weighted by Crippen LogP contribution is -2.41. The van der Waals surface area contributed by atoms with Crippen LogP contribution in [-0.4, -0.2) is 35.4 Å². The highest BCUT2D eigenvalue weighted by atomic mass is 35.5. The summed E-state index contributed by atoms with van der Waals surface area (Å²) in [5, 5.41) is 0.974. The largest absolute Gasteiger partial charge is 0.296 e.